The molecule has 1 N–H and O–H groups in total. The van der Waals surface area contributed by atoms with Crippen molar-refractivity contribution in [2.45, 2.75) is 51.2 Å². The summed E-state index contributed by atoms with van der Waals surface area (Å²) in [5.74, 6) is -1.21. The van der Waals surface area contributed by atoms with Gasteiger partial charge in [0.25, 0.3) is 0 Å². The number of hydrogen-bond acceptors (Lipinski definition) is 3. The number of halogens is 3. The molecule has 138 valence electrons. The number of hydrogen-bond donors (Lipinski definition) is 1. The smallest absolute Gasteiger partial charge is 0.339 e. The molecule has 1 saturated heterocycles. The molecule has 2 atom stereocenters. The van der Waals surface area contributed by atoms with Crippen molar-refractivity contribution in [2.75, 3.05) is 32.7 Å². The normalized spacial score (nSPS) is 25.7. The summed E-state index contributed by atoms with van der Waals surface area (Å²) in [6.07, 6.45) is -2.21. The Morgan fingerprint density at radius 3 is 2.29 bits per heavy atom. The lowest BCUT2D eigenvalue weighted by Gasteiger charge is -2.34. The molecule has 24 heavy (non-hydrogen) atoms. The zero-order valence-corrected chi connectivity index (χ0v) is 14.1. The molecule has 2 amide bonds. The van der Waals surface area contributed by atoms with Crippen molar-refractivity contribution >= 4 is 11.8 Å². The lowest BCUT2D eigenvalue weighted by Crippen LogP contribution is -2.50. The summed E-state index contributed by atoms with van der Waals surface area (Å²) in [7, 11) is 0. The Hall–Kier alpha value is -1.31. The highest BCUT2D eigenvalue weighted by Crippen LogP contribution is 2.37. The van der Waals surface area contributed by atoms with Crippen molar-refractivity contribution in [1.29, 1.82) is 0 Å². The van der Waals surface area contributed by atoms with Gasteiger partial charge in [-0.15, -0.1) is 0 Å². The third kappa shape index (κ3) is 5.36. The first-order valence-electron chi connectivity index (χ1n) is 8.60. The summed E-state index contributed by atoms with van der Waals surface area (Å²) >= 11 is 0. The number of piperazine rings is 1. The lowest BCUT2D eigenvalue weighted by molar-refractivity contribution is -0.183. The van der Waals surface area contributed by atoms with Crippen LogP contribution < -0.4 is 5.32 Å². The molecule has 0 bridgehead atoms. The predicted molar refractivity (Wildman–Crippen MR) is 83.3 cm³/mol. The number of nitrogens with one attached hydrogen (secondary N) is 1. The monoisotopic (exact) mass is 349 g/mol. The van der Waals surface area contributed by atoms with Gasteiger partial charge in [-0.1, -0.05) is 6.42 Å². The molecule has 0 aromatic rings. The van der Waals surface area contributed by atoms with Gasteiger partial charge in [-0.05, 0) is 19.3 Å². The fourth-order valence-electron chi connectivity index (χ4n) is 3.48. The predicted octanol–water partition coefficient (Wildman–Crippen LogP) is 1.78. The van der Waals surface area contributed by atoms with Crippen molar-refractivity contribution in [3.63, 3.8) is 0 Å². The standard InChI is InChI=1S/C16H26F3N3O2/c1-12(23)21-7-9-22(10-8-21)15(24)5-6-20-14-4-2-3-13(11-14)16(17,18)19/h13-14,20H,2-11H2,1H3/t13-,14-/m0/s1. The first-order chi connectivity index (χ1) is 11.3. The number of nitrogens with zero attached hydrogens (tertiary/aromatic N) is 2. The second kappa shape index (κ2) is 8.18. The molecule has 1 aliphatic carbocycles. The van der Waals surface area contributed by atoms with Crippen LogP contribution in [0.4, 0.5) is 13.2 Å². The van der Waals surface area contributed by atoms with Gasteiger partial charge >= 0.3 is 6.18 Å². The second-order valence-electron chi connectivity index (χ2n) is 6.69. The van der Waals surface area contributed by atoms with Gasteiger partial charge in [0, 0.05) is 52.1 Å². The first-order valence-corrected chi connectivity index (χ1v) is 8.60. The van der Waals surface area contributed by atoms with Crippen LogP contribution in [0.5, 0.6) is 0 Å². The molecular weight excluding hydrogens is 323 g/mol. The molecule has 2 fully saturated rings. The minimum Gasteiger partial charge on any atom is -0.339 e. The van der Waals surface area contributed by atoms with Crippen LogP contribution in [0.15, 0.2) is 0 Å². The van der Waals surface area contributed by atoms with Gasteiger partial charge in [-0.2, -0.15) is 13.2 Å². The van der Waals surface area contributed by atoms with E-state index in [0.717, 1.165) is 6.42 Å². The Balaban J connectivity index is 1.67. The second-order valence-corrected chi connectivity index (χ2v) is 6.69. The van der Waals surface area contributed by atoms with Gasteiger partial charge < -0.3 is 15.1 Å². The molecule has 2 aliphatic rings. The van der Waals surface area contributed by atoms with Crippen LogP contribution in [0.1, 0.15) is 39.0 Å². The molecule has 0 spiro atoms. The highest BCUT2D eigenvalue weighted by Gasteiger charge is 2.42. The first kappa shape index (κ1) is 19.0. The molecule has 1 saturated carbocycles. The SMILES string of the molecule is CC(=O)N1CCN(C(=O)CCN[C@H]2CCC[C@H](C(F)(F)F)C2)CC1. The summed E-state index contributed by atoms with van der Waals surface area (Å²) in [5.41, 5.74) is 0. The van der Waals surface area contributed by atoms with Crippen LogP contribution >= 0.6 is 0 Å². The van der Waals surface area contributed by atoms with E-state index in [2.05, 4.69) is 5.32 Å². The van der Waals surface area contributed by atoms with Gasteiger partial charge in [0.15, 0.2) is 0 Å². The summed E-state index contributed by atoms with van der Waals surface area (Å²) in [6, 6.07) is -0.160. The van der Waals surface area contributed by atoms with E-state index < -0.39 is 12.1 Å². The zero-order valence-electron chi connectivity index (χ0n) is 14.1. The lowest BCUT2D eigenvalue weighted by atomic mass is 9.85. The van der Waals surface area contributed by atoms with Gasteiger partial charge in [-0.25, -0.2) is 0 Å². The largest absolute Gasteiger partial charge is 0.391 e. The number of carbonyl (C=O) groups is 2. The molecular formula is C16H26F3N3O2. The van der Waals surface area contributed by atoms with Crippen molar-refractivity contribution in [3.05, 3.63) is 0 Å². The molecule has 2 rings (SSSR count). The molecule has 0 aromatic carbocycles. The number of carbonyl (C=O) groups excluding carboxylic acids is 2. The highest BCUT2D eigenvalue weighted by molar-refractivity contribution is 5.77. The van der Waals surface area contributed by atoms with E-state index >= 15 is 0 Å². The molecule has 5 nitrogen and oxygen atoms in total. The summed E-state index contributed by atoms with van der Waals surface area (Å²) in [5, 5.41) is 3.11. The Morgan fingerprint density at radius 2 is 1.71 bits per heavy atom. The molecule has 8 heteroatoms. The number of rotatable bonds is 4. The van der Waals surface area contributed by atoms with Crippen molar-refractivity contribution in [1.82, 2.24) is 15.1 Å². The summed E-state index contributed by atoms with van der Waals surface area (Å²) in [4.78, 5) is 26.8. The van der Waals surface area contributed by atoms with Crippen LogP contribution in [-0.2, 0) is 9.59 Å². The number of alkyl halides is 3. The minimum atomic E-state index is -4.12. The van der Waals surface area contributed by atoms with Crippen LogP contribution in [0, 0.1) is 5.92 Å². The third-order valence-electron chi connectivity index (χ3n) is 4.99. The number of amides is 2. The molecule has 0 unspecified atom stereocenters. The Kier molecular flexibility index (Phi) is 6.48. The van der Waals surface area contributed by atoms with Gasteiger partial charge in [0.05, 0.1) is 5.92 Å². The maximum Gasteiger partial charge on any atom is 0.391 e. The van der Waals surface area contributed by atoms with Gasteiger partial charge in [0.1, 0.15) is 0 Å². The van der Waals surface area contributed by atoms with Crippen LogP contribution in [0.25, 0.3) is 0 Å². The Morgan fingerprint density at radius 1 is 1.08 bits per heavy atom. The quantitative estimate of drug-likeness (QED) is 0.842. The van der Waals surface area contributed by atoms with E-state index in [1.165, 1.54) is 6.92 Å². The van der Waals surface area contributed by atoms with E-state index in [-0.39, 0.29) is 37.1 Å². The molecule has 0 radical (unpaired) electrons. The van der Waals surface area contributed by atoms with Crippen molar-refractivity contribution < 1.29 is 22.8 Å². The molecule has 1 aliphatic heterocycles. The van der Waals surface area contributed by atoms with Crippen molar-refractivity contribution in [3.8, 4) is 0 Å². The van der Waals surface area contributed by atoms with E-state index in [1.54, 1.807) is 9.80 Å². The zero-order chi connectivity index (χ0) is 17.7. The molecule has 1 heterocycles. The van der Waals surface area contributed by atoms with Crippen LogP contribution in [-0.4, -0.2) is 66.6 Å². The fourth-order valence-corrected chi connectivity index (χ4v) is 3.48. The molecule has 0 aromatic heterocycles. The minimum absolute atomic E-state index is 0.00566. The van der Waals surface area contributed by atoms with Crippen LogP contribution in [0.3, 0.4) is 0 Å². The van der Waals surface area contributed by atoms with Crippen LogP contribution in [0.2, 0.25) is 0 Å². The average Bonchev–Trinajstić information content (AvgIpc) is 2.54. The maximum atomic E-state index is 12.8. The van der Waals surface area contributed by atoms with E-state index in [1.807, 2.05) is 0 Å². The summed E-state index contributed by atoms with van der Waals surface area (Å²) < 4.78 is 38.3. The van der Waals surface area contributed by atoms with Crippen molar-refractivity contribution in [2.24, 2.45) is 5.92 Å². The summed E-state index contributed by atoms with van der Waals surface area (Å²) in [6.45, 7) is 4.06. The van der Waals surface area contributed by atoms with Gasteiger partial charge in [-0.3, -0.25) is 9.59 Å². The average molecular weight is 349 g/mol. The van der Waals surface area contributed by atoms with E-state index in [4.69, 9.17) is 0 Å². The maximum absolute atomic E-state index is 12.8. The highest BCUT2D eigenvalue weighted by atomic mass is 19.4. The van der Waals surface area contributed by atoms with E-state index in [0.29, 0.717) is 39.1 Å². The van der Waals surface area contributed by atoms with E-state index in [9.17, 15) is 22.8 Å². The Bertz CT molecular complexity index is 448. The third-order valence-corrected chi connectivity index (χ3v) is 4.99. The van der Waals surface area contributed by atoms with Gasteiger partial charge in [0.2, 0.25) is 11.8 Å². The Labute approximate surface area is 140 Å². The topological polar surface area (TPSA) is 52.7 Å². The fraction of sp³-hybridized carbons (Fsp3) is 0.875.